The molecule has 27 heavy (non-hydrogen) atoms. The molecule has 0 unspecified atom stereocenters. The second-order valence-electron chi connectivity index (χ2n) is 7.26. The number of non-ortho nitro benzene ring substituents is 1. The highest BCUT2D eigenvalue weighted by Crippen LogP contribution is 2.30. The molecule has 0 amide bonds. The number of anilines is 1. The van der Waals surface area contributed by atoms with Gasteiger partial charge < -0.3 is 5.73 Å². The molecule has 0 saturated heterocycles. The largest absolute Gasteiger partial charge is 0.399 e. The summed E-state index contributed by atoms with van der Waals surface area (Å²) >= 11 is 0. The second kappa shape index (κ2) is 6.83. The molecule has 7 heteroatoms. The third kappa shape index (κ3) is 3.40. The zero-order valence-electron chi connectivity index (χ0n) is 15.6. The Labute approximate surface area is 156 Å². The van der Waals surface area contributed by atoms with Crippen LogP contribution in [0.25, 0.3) is 16.6 Å². The lowest BCUT2D eigenvalue weighted by molar-refractivity contribution is -0.384. The smallest absolute Gasteiger partial charge is 0.270 e. The van der Waals surface area contributed by atoms with Crippen molar-refractivity contribution in [3.05, 3.63) is 68.8 Å². The summed E-state index contributed by atoms with van der Waals surface area (Å²) in [6, 6.07) is 11.2. The molecule has 0 atom stereocenters. The molecule has 7 nitrogen and oxygen atoms in total. The number of fused-ring (bicyclic) bond motifs is 1. The number of nitrogen functional groups attached to an aromatic ring is 1. The molecule has 3 aromatic rings. The van der Waals surface area contributed by atoms with E-state index in [9.17, 15) is 14.9 Å². The van der Waals surface area contributed by atoms with Gasteiger partial charge in [0.15, 0.2) is 0 Å². The van der Waals surface area contributed by atoms with Crippen LogP contribution < -0.4 is 11.3 Å². The summed E-state index contributed by atoms with van der Waals surface area (Å²) in [6.45, 7) is 6.16. The molecule has 0 saturated carbocycles. The van der Waals surface area contributed by atoms with E-state index >= 15 is 0 Å². The van der Waals surface area contributed by atoms with Crippen LogP contribution in [-0.2, 0) is 5.41 Å². The Hall–Kier alpha value is -3.22. The van der Waals surface area contributed by atoms with Gasteiger partial charge in [0.05, 0.1) is 21.5 Å². The lowest BCUT2D eigenvalue weighted by Gasteiger charge is -2.27. The topological polar surface area (TPSA) is 104 Å². The van der Waals surface area contributed by atoms with E-state index in [2.05, 4.69) is 6.92 Å². The van der Waals surface area contributed by atoms with Crippen LogP contribution in [0.2, 0.25) is 0 Å². The number of aromatic nitrogens is 2. The quantitative estimate of drug-likeness (QED) is 0.418. The van der Waals surface area contributed by atoms with Crippen LogP contribution in [0.1, 0.15) is 39.4 Å². The number of hydrogen-bond donors (Lipinski definition) is 1. The lowest BCUT2D eigenvalue weighted by Crippen LogP contribution is -2.32. The van der Waals surface area contributed by atoms with E-state index in [0.29, 0.717) is 22.7 Å². The molecule has 0 spiro atoms. The highest BCUT2D eigenvalue weighted by molar-refractivity contribution is 5.80. The molecule has 1 aromatic heterocycles. The van der Waals surface area contributed by atoms with Gasteiger partial charge in [0.1, 0.15) is 5.82 Å². The van der Waals surface area contributed by atoms with Crippen molar-refractivity contribution in [2.75, 3.05) is 5.73 Å². The van der Waals surface area contributed by atoms with E-state index in [1.54, 1.807) is 24.3 Å². The van der Waals surface area contributed by atoms with E-state index in [-0.39, 0.29) is 22.0 Å². The van der Waals surface area contributed by atoms with Crippen molar-refractivity contribution in [2.24, 2.45) is 0 Å². The number of nitro benzene ring substituents is 1. The summed E-state index contributed by atoms with van der Waals surface area (Å²) in [5.74, 6) is 0.612. The number of nitrogens with two attached hydrogens (primary N) is 1. The van der Waals surface area contributed by atoms with Gasteiger partial charge in [-0.25, -0.2) is 4.98 Å². The van der Waals surface area contributed by atoms with Crippen molar-refractivity contribution >= 4 is 22.3 Å². The highest BCUT2D eigenvalue weighted by Gasteiger charge is 2.28. The van der Waals surface area contributed by atoms with Crippen molar-refractivity contribution in [1.82, 2.24) is 9.55 Å². The third-order valence-corrected chi connectivity index (χ3v) is 4.67. The average Bonchev–Trinajstić information content (AvgIpc) is 2.61. The number of hydrogen-bond acceptors (Lipinski definition) is 5. The van der Waals surface area contributed by atoms with Crippen molar-refractivity contribution in [2.45, 2.75) is 39.0 Å². The molecule has 2 N–H and O–H groups in total. The molecule has 3 rings (SSSR count). The molecule has 0 fully saturated rings. The molecule has 2 aromatic carbocycles. The molecule has 0 aliphatic carbocycles. The van der Waals surface area contributed by atoms with Gasteiger partial charge in [-0.05, 0) is 30.7 Å². The summed E-state index contributed by atoms with van der Waals surface area (Å²) in [6.07, 6.45) is 1.76. The van der Waals surface area contributed by atoms with E-state index in [4.69, 9.17) is 10.7 Å². The van der Waals surface area contributed by atoms with Crippen LogP contribution in [0, 0.1) is 10.1 Å². The zero-order valence-corrected chi connectivity index (χ0v) is 15.6. The first-order valence-electron chi connectivity index (χ1n) is 8.82. The van der Waals surface area contributed by atoms with Crippen LogP contribution in [0.15, 0.2) is 47.3 Å². The van der Waals surface area contributed by atoms with Crippen LogP contribution in [0.3, 0.4) is 0 Å². The minimum Gasteiger partial charge on any atom is -0.399 e. The summed E-state index contributed by atoms with van der Waals surface area (Å²) in [7, 11) is 0. The predicted molar refractivity (Wildman–Crippen MR) is 106 cm³/mol. The monoisotopic (exact) mass is 366 g/mol. The van der Waals surface area contributed by atoms with E-state index in [1.807, 2.05) is 13.8 Å². The maximum atomic E-state index is 13.3. The van der Waals surface area contributed by atoms with E-state index < -0.39 is 4.92 Å². The fourth-order valence-electron chi connectivity index (χ4n) is 3.38. The third-order valence-electron chi connectivity index (χ3n) is 4.67. The van der Waals surface area contributed by atoms with Crippen LogP contribution in [0.5, 0.6) is 0 Å². The number of benzene rings is 2. The van der Waals surface area contributed by atoms with E-state index in [1.165, 1.54) is 22.8 Å². The molecule has 0 aliphatic heterocycles. The van der Waals surface area contributed by atoms with Crippen molar-refractivity contribution in [3.8, 4) is 5.69 Å². The van der Waals surface area contributed by atoms with Gasteiger partial charge in [-0.15, -0.1) is 0 Å². The van der Waals surface area contributed by atoms with Crippen LogP contribution in [0.4, 0.5) is 11.4 Å². The maximum Gasteiger partial charge on any atom is 0.270 e. The Bertz CT molecular complexity index is 1090. The standard InChI is InChI=1S/C20H22N4O3/c1-4-10-20(2,3)19-22-17-9-8-15(24(26)27)12-16(17)18(25)23(19)14-7-5-6-13(21)11-14/h5-9,11-12H,4,10,21H2,1-3H3. The van der Waals surface area contributed by atoms with Crippen molar-refractivity contribution < 1.29 is 4.92 Å². The van der Waals surface area contributed by atoms with Gasteiger partial charge in [-0.1, -0.05) is 33.3 Å². The van der Waals surface area contributed by atoms with Crippen LogP contribution in [-0.4, -0.2) is 14.5 Å². The molecule has 0 radical (unpaired) electrons. The van der Waals surface area contributed by atoms with Gasteiger partial charge in [0.2, 0.25) is 0 Å². The summed E-state index contributed by atoms with van der Waals surface area (Å²) < 4.78 is 1.53. The van der Waals surface area contributed by atoms with Gasteiger partial charge in [0, 0.05) is 23.2 Å². The summed E-state index contributed by atoms with van der Waals surface area (Å²) in [5, 5.41) is 11.3. The second-order valence-corrected chi connectivity index (χ2v) is 7.26. The Morgan fingerprint density at radius 2 is 1.96 bits per heavy atom. The number of nitro groups is 1. The predicted octanol–water partition coefficient (Wildman–Crippen LogP) is 3.95. The normalized spacial score (nSPS) is 11.7. The molecule has 140 valence electrons. The Morgan fingerprint density at radius 3 is 2.59 bits per heavy atom. The Balaban J connectivity index is 2.42. The average molecular weight is 366 g/mol. The first-order valence-corrected chi connectivity index (χ1v) is 8.82. The lowest BCUT2D eigenvalue weighted by atomic mass is 9.86. The van der Waals surface area contributed by atoms with Gasteiger partial charge in [-0.3, -0.25) is 19.5 Å². The molecular weight excluding hydrogens is 344 g/mol. The first-order chi connectivity index (χ1) is 12.7. The fraction of sp³-hybridized carbons (Fsp3) is 0.300. The molecule has 0 aliphatic rings. The minimum atomic E-state index is -0.515. The van der Waals surface area contributed by atoms with Crippen molar-refractivity contribution in [3.63, 3.8) is 0 Å². The Morgan fingerprint density at radius 1 is 1.22 bits per heavy atom. The number of rotatable bonds is 5. The SMILES string of the molecule is CCCC(C)(C)c1nc2ccc([N+](=O)[O-])cc2c(=O)n1-c1cccc(N)c1. The summed E-state index contributed by atoms with van der Waals surface area (Å²) in [4.78, 5) is 28.7. The van der Waals surface area contributed by atoms with E-state index in [0.717, 1.165) is 12.8 Å². The Kier molecular flexibility index (Phi) is 4.70. The maximum absolute atomic E-state index is 13.3. The number of nitrogens with zero attached hydrogens (tertiary/aromatic N) is 3. The molecule has 0 bridgehead atoms. The van der Waals surface area contributed by atoms with Gasteiger partial charge in [0.25, 0.3) is 11.2 Å². The molecule has 1 heterocycles. The molecular formula is C20H22N4O3. The highest BCUT2D eigenvalue weighted by atomic mass is 16.6. The van der Waals surface area contributed by atoms with Gasteiger partial charge in [-0.2, -0.15) is 0 Å². The zero-order chi connectivity index (χ0) is 19.8. The van der Waals surface area contributed by atoms with Crippen LogP contribution >= 0.6 is 0 Å². The summed E-state index contributed by atoms with van der Waals surface area (Å²) in [5.41, 5.74) is 6.64. The fourth-order valence-corrected chi connectivity index (χ4v) is 3.38. The van der Waals surface area contributed by atoms with Crippen molar-refractivity contribution in [1.29, 1.82) is 0 Å². The first kappa shape index (κ1) is 18.6. The minimum absolute atomic E-state index is 0.138. The van der Waals surface area contributed by atoms with Gasteiger partial charge >= 0.3 is 0 Å².